The maximum absolute atomic E-state index is 13.6. The molecule has 32 heavy (non-hydrogen) atoms. The number of thioether (sulfide) groups is 1. The normalized spacial score (nSPS) is 16.1. The van der Waals surface area contributed by atoms with Crippen LogP contribution >= 0.6 is 35.0 Å². The molecule has 160 valence electrons. The van der Waals surface area contributed by atoms with Gasteiger partial charge in [-0.15, -0.1) is 0 Å². The molecule has 0 fully saturated rings. The minimum atomic E-state index is -0.342. The van der Waals surface area contributed by atoms with Crippen molar-refractivity contribution < 1.29 is 9.59 Å². The van der Waals surface area contributed by atoms with Crippen LogP contribution in [0.25, 0.3) is 0 Å². The van der Waals surface area contributed by atoms with Crippen LogP contribution in [0.5, 0.6) is 0 Å². The molecule has 7 heteroatoms. The highest BCUT2D eigenvalue weighted by Crippen LogP contribution is 2.40. The third-order valence-corrected chi connectivity index (χ3v) is 7.13. The first-order valence-electron chi connectivity index (χ1n) is 10.1. The van der Waals surface area contributed by atoms with E-state index in [0.29, 0.717) is 39.4 Å². The van der Waals surface area contributed by atoms with Crippen LogP contribution in [-0.4, -0.2) is 23.3 Å². The molecule has 3 aromatic carbocycles. The quantitative estimate of drug-likeness (QED) is 0.434. The molecule has 0 atom stereocenters. The molecule has 2 aliphatic heterocycles. The van der Waals surface area contributed by atoms with Gasteiger partial charge >= 0.3 is 0 Å². The lowest BCUT2D eigenvalue weighted by Gasteiger charge is -2.31. The summed E-state index contributed by atoms with van der Waals surface area (Å²) in [5.74, 6) is -0.667. The van der Waals surface area contributed by atoms with E-state index >= 15 is 0 Å². The number of carbonyl (C=O) groups is 2. The van der Waals surface area contributed by atoms with E-state index in [4.69, 9.17) is 23.2 Å². The first-order chi connectivity index (χ1) is 15.5. The van der Waals surface area contributed by atoms with Gasteiger partial charge in [-0.05, 0) is 60.0 Å². The summed E-state index contributed by atoms with van der Waals surface area (Å²) >= 11 is 13.5. The fraction of sp³-hybridized carbons (Fsp3) is 0.120. The Kier molecular flexibility index (Phi) is 5.72. The van der Waals surface area contributed by atoms with Crippen LogP contribution in [-0.2, 0) is 22.6 Å². The Morgan fingerprint density at radius 3 is 2.28 bits per heavy atom. The maximum Gasteiger partial charge on any atom is 0.283 e. The van der Waals surface area contributed by atoms with Gasteiger partial charge in [0.05, 0.1) is 5.69 Å². The molecule has 0 aromatic heterocycles. The number of rotatable bonds is 4. The Balaban J connectivity index is 1.56. The summed E-state index contributed by atoms with van der Waals surface area (Å²) in [4.78, 5) is 31.6. The van der Waals surface area contributed by atoms with E-state index in [1.165, 1.54) is 27.8 Å². The van der Waals surface area contributed by atoms with E-state index in [-0.39, 0.29) is 11.8 Å². The summed E-state index contributed by atoms with van der Waals surface area (Å²) in [6.45, 7) is 1.25. The summed E-state index contributed by atoms with van der Waals surface area (Å²) in [6, 6.07) is 22.3. The highest BCUT2D eigenvalue weighted by Gasteiger charge is 2.43. The third kappa shape index (κ3) is 3.92. The SMILES string of the molecule is O=C1C(Sc2ccc(Cl)cc2)=C(N2CCc3ccccc3C2)C(=O)N1c1cccc(Cl)c1. The summed E-state index contributed by atoms with van der Waals surface area (Å²) < 4.78 is 0. The number of anilines is 1. The molecule has 4 nitrogen and oxygen atoms in total. The number of fused-ring (bicyclic) bond motifs is 1. The van der Waals surface area contributed by atoms with Crippen molar-refractivity contribution >= 4 is 52.5 Å². The van der Waals surface area contributed by atoms with Crippen LogP contribution in [0.4, 0.5) is 5.69 Å². The first-order valence-corrected chi connectivity index (χ1v) is 11.7. The second-order valence-corrected chi connectivity index (χ2v) is 9.56. The molecule has 2 aliphatic rings. The Bertz CT molecular complexity index is 1260. The van der Waals surface area contributed by atoms with Crippen LogP contribution in [0.1, 0.15) is 11.1 Å². The third-order valence-electron chi connectivity index (χ3n) is 5.56. The highest BCUT2D eigenvalue weighted by atomic mass is 35.5. The van der Waals surface area contributed by atoms with Crippen molar-refractivity contribution in [3.63, 3.8) is 0 Å². The van der Waals surface area contributed by atoms with Gasteiger partial charge < -0.3 is 4.90 Å². The Labute approximate surface area is 200 Å². The largest absolute Gasteiger partial charge is 0.361 e. The minimum Gasteiger partial charge on any atom is -0.361 e. The number of hydrogen-bond acceptors (Lipinski definition) is 4. The van der Waals surface area contributed by atoms with E-state index in [9.17, 15) is 9.59 Å². The molecule has 0 saturated carbocycles. The van der Waals surface area contributed by atoms with Crippen molar-refractivity contribution in [2.45, 2.75) is 17.9 Å². The van der Waals surface area contributed by atoms with Gasteiger partial charge in [-0.3, -0.25) is 9.59 Å². The van der Waals surface area contributed by atoms with Crippen molar-refractivity contribution in [2.75, 3.05) is 11.4 Å². The van der Waals surface area contributed by atoms with Crippen LogP contribution in [0.2, 0.25) is 10.0 Å². The number of imide groups is 1. The van der Waals surface area contributed by atoms with E-state index in [1.807, 2.05) is 29.2 Å². The summed E-state index contributed by atoms with van der Waals surface area (Å²) in [5.41, 5.74) is 3.35. The lowest BCUT2D eigenvalue weighted by atomic mass is 9.99. The maximum atomic E-state index is 13.6. The molecule has 0 unspecified atom stereocenters. The molecule has 5 rings (SSSR count). The topological polar surface area (TPSA) is 40.6 Å². The second kappa shape index (κ2) is 8.66. The predicted octanol–water partition coefficient (Wildman–Crippen LogP) is 5.93. The van der Waals surface area contributed by atoms with Gasteiger partial charge in [-0.1, -0.05) is 65.3 Å². The zero-order valence-electron chi connectivity index (χ0n) is 16.9. The van der Waals surface area contributed by atoms with Crippen LogP contribution in [0.15, 0.2) is 88.3 Å². The van der Waals surface area contributed by atoms with Gasteiger partial charge in [0.25, 0.3) is 11.8 Å². The van der Waals surface area contributed by atoms with Gasteiger partial charge in [0.2, 0.25) is 0 Å². The Hall–Kier alpha value is -2.73. The molecule has 0 spiro atoms. The molecule has 0 saturated heterocycles. The van der Waals surface area contributed by atoms with Gasteiger partial charge in [-0.2, -0.15) is 0 Å². The van der Waals surface area contributed by atoms with Gasteiger partial charge in [-0.25, -0.2) is 4.90 Å². The molecule has 0 aliphatic carbocycles. The Morgan fingerprint density at radius 1 is 0.781 bits per heavy atom. The smallest absolute Gasteiger partial charge is 0.283 e. The first kappa shape index (κ1) is 21.1. The van der Waals surface area contributed by atoms with Gasteiger partial charge in [0.15, 0.2) is 0 Å². The summed E-state index contributed by atoms with van der Waals surface area (Å²) in [6.07, 6.45) is 0.817. The number of carbonyl (C=O) groups excluding carboxylic acids is 2. The monoisotopic (exact) mass is 480 g/mol. The number of nitrogens with zero attached hydrogens (tertiary/aromatic N) is 2. The lowest BCUT2D eigenvalue weighted by Crippen LogP contribution is -2.37. The van der Waals surface area contributed by atoms with E-state index in [0.717, 1.165) is 11.3 Å². The Morgan fingerprint density at radius 2 is 1.53 bits per heavy atom. The average molecular weight is 481 g/mol. The van der Waals surface area contributed by atoms with Crippen LogP contribution < -0.4 is 4.90 Å². The van der Waals surface area contributed by atoms with Crippen LogP contribution in [0, 0.1) is 0 Å². The highest BCUT2D eigenvalue weighted by molar-refractivity contribution is 8.04. The van der Waals surface area contributed by atoms with E-state index < -0.39 is 0 Å². The predicted molar refractivity (Wildman–Crippen MR) is 129 cm³/mol. The summed E-state index contributed by atoms with van der Waals surface area (Å²) in [7, 11) is 0. The number of benzene rings is 3. The fourth-order valence-electron chi connectivity index (χ4n) is 4.03. The molecule has 0 radical (unpaired) electrons. The molecular formula is C25H18Cl2N2O2S. The zero-order chi connectivity index (χ0) is 22.2. The molecule has 3 aromatic rings. The van der Waals surface area contributed by atoms with Crippen molar-refractivity contribution in [1.29, 1.82) is 0 Å². The zero-order valence-corrected chi connectivity index (χ0v) is 19.3. The minimum absolute atomic E-state index is 0.326. The number of amides is 2. The molecule has 2 heterocycles. The van der Waals surface area contributed by atoms with Crippen molar-refractivity contribution in [3.05, 3.63) is 105 Å². The number of hydrogen-bond donors (Lipinski definition) is 0. The molecule has 0 N–H and O–H groups in total. The second-order valence-electron chi connectivity index (χ2n) is 7.60. The fourth-order valence-corrected chi connectivity index (χ4v) is 5.34. The van der Waals surface area contributed by atoms with Crippen molar-refractivity contribution in [3.8, 4) is 0 Å². The molecule has 0 bridgehead atoms. The average Bonchev–Trinajstić information content (AvgIpc) is 3.04. The molecular weight excluding hydrogens is 463 g/mol. The van der Waals surface area contributed by atoms with E-state index in [2.05, 4.69) is 12.1 Å². The van der Waals surface area contributed by atoms with E-state index in [1.54, 1.807) is 36.4 Å². The standard InChI is InChI=1S/C25H18Cl2N2O2S/c26-18-8-10-21(11-9-18)32-23-22(28-13-12-16-4-1-2-5-17(16)15-28)24(30)29(25(23)31)20-7-3-6-19(27)14-20/h1-11,14H,12-13,15H2. The van der Waals surface area contributed by atoms with Gasteiger partial charge in [0.1, 0.15) is 10.6 Å². The summed E-state index contributed by atoms with van der Waals surface area (Å²) in [5, 5.41) is 1.08. The number of halogens is 2. The van der Waals surface area contributed by atoms with Crippen LogP contribution in [0.3, 0.4) is 0 Å². The van der Waals surface area contributed by atoms with Crippen molar-refractivity contribution in [1.82, 2.24) is 4.90 Å². The lowest BCUT2D eigenvalue weighted by molar-refractivity contribution is -0.121. The van der Waals surface area contributed by atoms with Gasteiger partial charge in [0, 0.05) is 28.0 Å². The molecule has 2 amide bonds. The van der Waals surface area contributed by atoms with Crippen molar-refractivity contribution in [2.24, 2.45) is 0 Å².